The Bertz CT molecular complexity index is 402. The van der Waals surface area contributed by atoms with Crippen LogP contribution < -0.4 is 0 Å². The van der Waals surface area contributed by atoms with Crippen molar-refractivity contribution in [3.8, 4) is 0 Å². The lowest BCUT2D eigenvalue weighted by atomic mass is 10.2. The summed E-state index contributed by atoms with van der Waals surface area (Å²) >= 11 is 0. The molecule has 2 aliphatic rings. The summed E-state index contributed by atoms with van der Waals surface area (Å²) < 4.78 is 28.1. The van der Waals surface area contributed by atoms with Crippen molar-refractivity contribution in [1.29, 1.82) is 0 Å². The summed E-state index contributed by atoms with van der Waals surface area (Å²) in [6.45, 7) is 3.90. The standard InChI is InChI=1S/C11H18O4S/c1-3-15-9(12)11(6-7-11)16(13,14)8-10(2)4-5-10/h3-8H2,1-2H3. The van der Waals surface area contributed by atoms with Gasteiger partial charge in [0.25, 0.3) is 0 Å². The number of hydrogen-bond donors (Lipinski definition) is 0. The van der Waals surface area contributed by atoms with Crippen LogP contribution in [0.2, 0.25) is 0 Å². The molecule has 4 nitrogen and oxygen atoms in total. The van der Waals surface area contributed by atoms with Gasteiger partial charge in [-0.15, -0.1) is 0 Å². The van der Waals surface area contributed by atoms with Crippen LogP contribution in [0.3, 0.4) is 0 Å². The lowest BCUT2D eigenvalue weighted by Crippen LogP contribution is -2.37. The molecule has 2 saturated carbocycles. The zero-order valence-electron chi connectivity index (χ0n) is 9.78. The van der Waals surface area contributed by atoms with E-state index in [2.05, 4.69) is 0 Å². The normalized spacial score (nSPS) is 24.9. The van der Waals surface area contributed by atoms with Crippen LogP contribution in [-0.2, 0) is 19.4 Å². The largest absolute Gasteiger partial charge is 0.465 e. The average Bonchev–Trinajstić information content (AvgIpc) is 3.00. The van der Waals surface area contributed by atoms with E-state index in [9.17, 15) is 13.2 Å². The highest BCUT2D eigenvalue weighted by Gasteiger charge is 2.63. The third-order valence-electron chi connectivity index (χ3n) is 3.59. The zero-order valence-corrected chi connectivity index (χ0v) is 10.6. The van der Waals surface area contributed by atoms with Crippen molar-refractivity contribution < 1.29 is 17.9 Å². The van der Waals surface area contributed by atoms with E-state index < -0.39 is 20.6 Å². The zero-order chi connectivity index (χ0) is 12.0. The molecule has 92 valence electrons. The van der Waals surface area contributed by atoms with E-state index >= 15 is 0 Å². The van der Waals surface area contributed by atoms with E-state index in [0.29, 0.717) is 12.8 Å². The lowest BCUT2D eigenvalue weighted by molar-refractivity contribution is -0.143. The maximum atomic E-state index is 12.2. The number of rotatable bonds is 5. The first-order valence-corrected chi connectivity index (χ1v) is 7.40. The maximum absolute atomic E-state index is 12.2. The number of esters is 1. The molecule has 0 aromatic carbocycles. The van der Waals surface area contributed by atoms with E-state index in [1.54, 1.807) is 6.92 Å². The van der Waals surface area contributed by atoms with Crippen molar-refractivity contribution in [1.82, 2.24) is 0 Å². The highest BCUT2D eigenvalue weighted by molar-refractivity contribution is 7.93. The summed E-state index contributed by atoms with van der Waals surface area (Å²) in [5, 5.41) is 0. The van der Waals surface area contributed by atoms with Gasteiger partial charge in [0.05, 0.1) is 12.4 Å². The number of ether oxygens (including phenoxy) is 1. The summed E-state index contributed by atoms with van der Waals surface area (Å²) in [6.07, 6.45) is 2.77. The van der Waals surface area contributed by atoms with Crippen LogP contribution in [0, 0.1) is 5.41 Å². The van der Waals surface area contributed by atoms with Crippen LogP contribution in [-0.4, -0.2) is 31.5 Å². The molecule has 0 aromatic heterocycles. The first kappa shape index (κ1) is 11.9. The summed E-state index contributed by atoms with van der Waals surface area (Å²) in [4.78, 5) is 11.7. The van der Waals surface area contributed by atoms with Gasteiger partial charge in [-0.2, -0.15) is 0 Å². The number of carbonyl (C=O) groups excluding carboxylic acids is 1. The average molecular weight is 246 g/mol. The minimum absolute atomic E-state index is 0.0824. The molecule has 2 rings (SSSR count). The second-order valence-electron chi connectivity index (χ2n) is 5.28. The van der Waals surface area contributed by atoms with Gasteiger partial charge in [0.2, 0.25) is 0 Å². The van der Waals surface area contributed by atoms with Gasteiger partial charge in [-0.3, -0.25) is 4.79 Å². The molecule has 0 unspecified atom stereocenters. The minimum atomic E-state index is -3.34. The van der Waals surface area contributed by atoms with E-state index in [1.807, 2.05) is 6.92 Å². The number of carbonyl (C=O) groups is 1. The van der Waals surface area contributed by atoms with Gasteiger partial charge in [0.1, 0.15) is 0 Å². The molecule has 0 N–H and O–H groups in total. The van der Waals surface area contributed by atoms with Crippen LogP contribution in [0.5, 0.6) is 0 Å². The SMILES string of the molecule is CCOC(=O)C1(S(=O)(=O)CC2(C)CC2)CC1. The fourth-order valence-electron chi connectivity index (χ4n) is 1.97. The van der Waals surface area contributed by atoms with Crippen molar-refractivity contribution in [2.75, 3.05) is 12.4 Å². The molecular weight excluding hydrogens is 228 g/mol. The minimum Gasteiger partial charge on any atom is -0.465 e. The van der Waals surface area contributed by atoms with Gasteiger partial charge in [-0.05, 0) is 38.0 Å². The maximum Gasteiger partial charge on any atom is 0.327 e. The molecule has 0 bridgehead atoms. The monoisotopic (exact) mass is 246 g/mol. The Kier molecular flexibility index (Phi) is 2.57. The summed E-state index contributed by atoms with van der Waals surface area (Å²) in [5.41, 5.74) is -0.0824. The first-order chi connectivity index (χ1) is 7.35. The second-order valence-corrected chi connectivity index (χ2v) is 7.58. The van der Waals surface area contributed by atoms with Crippen molar-refractivity contribution >= 4 is 15.8 Å². The van der Waals surface area contributed by atoms with Crippen LogP contribution in [0.1, 0.15) is 39.5 Å². The molecule has 0 heterocycles. The Hall–Kier alpha value is -0.580. The summed E-state index contributed by atoms with van der Waals surface area (Å²) in [7, 11) is -3.34. The van der Waals surface area contributed by atoms with Crippen LogP contribution >= 0.6 is 0 Å². The quantitative estimate of drug-likeness (QED) is 0.686. The van der Waals surface area contributed by atoms with Crippen molar-refractivity contribution in [3.05, 3.63) is 0 Å². The van der Waals surface area contributed by atoms with Crippen molar-refractivity contribution in [3.63, 3.8) is 0 Å². The Morgan fingerprint density at radius 3 is 2.19 bits per heavy atom. The van der Waals surface area contributed by atoms with E-state index in [-0.39, 0.29) is 17.8 Å². The predicted octanol–water partition coefficient (Wildman–Crippen LogP) is 1.30. The molecular formula is C11H18O4S. The second kappa shape index (κ2) is 3.45. The molecule has 0 amide bonds. The van der Waals surface area contributed by atoms with Crippen molar-refractivity contribution in [2.45, 2.75) is 44.3 Å². The Labute approximate surface area is 96.3 Å². The fourth-order valence-corrected chi connectivity index (χ4v) is 4.49. The van der Waals surface area contributed by atoms with Gasteiger partial charge in [-0.1, -0.05) is 6.92 Å². The smallest absolute Gasteiger partial charge is 0.327 e. The van der Waals surface area contributed by atoms with Gasteiger partial charge in [0.15, 0.2) is 14.6 Å². The topological polar surface area (TPSA) is 60.4 Å². The van der Waals surface area contributed by atoms with Gasteiger partial charge < -0.3 is 4.74 Å². The molecule has 2 fully saturated rings. The molecule has 0 aromatic rings. The molecule has 0 aliphatic heterocycles. The summed E-state index contributed by atoms with van der Waals surface area (Å²) in [5.74, 6) is -0.405. The molecule has 16 heavy (non-hydrogen) atoms. The molecule has 5 heteroatoms. The molecule has 0 spiro atoms. The highest BCUT2D eigenvalue weighted by atomic mass is 32.2. The predicted molar refractivity (Wildman–Crippen MR) is 59.7 cm³/mol. The molecule has 2 aliphatic carbocycles. The van der Waals surface area contributed by atoms with Gasteiger partial charge in [-0.25, -0.2) is 8.42 Å². The first-order valence-electron chi connectivity index (χ1n) is 5.75. The van der Waals surface area contributed by atoms with E-state index in [4.69, 9.17) is 4.74 Å². The molecule has 0 atom stereocenters. The van der Waals surface area contributed by atoms with Crippen LogP contribution in [0.15, 0.2) is 0 Å². The third-order valence-corrected chi connectivity index (χ3v) is 6.43. The Morgan fingerprint density at radius 1 is 1.25 bits per heavy atom. The Balaban J connectivity index is 2.13. The molecule has 0 radical (unpaired) electrons. The number of sulfone groups is 1. The van der Waals surface area contributed by atoms with E-state index in [1.165, 1.54) is 0 Å². The van der Waals surface area contributed by atoms with Gasteiger partial charge in [0, 0.05) is 0 Å². The van der Waals surface area contributed by atoms with Crippen LogP contribution in [0.4, 0.5) is 0 Å². The fraction of sp³-hybridized carbons (Fsp3) is 0.909. The van der Waals surface area contributed by atoms with Crippen LogP contribution in [0.25, 0.3) is 0 Å². The van der Waals surface area contributed by atoms with Gasteiger partial charge >= 0.3 is 5.97 Å². The third kappa shape index (κ3) is 1.85. The lowest BCUT2D eigenvalue weighted by Gasteiger charge is -2.17. The summed E-state index contributed by atoms with van der Waals surface area (Å²) in [6, 6.07) is 0. The van der Waals surface area contributed by atoms with Crippen molar-refractivity contribution in [2.24, 2.45) is 5.41 Å². The molecule has 0 saturated heterocycles. The van der Waals surface area contributed by atoms with E-state index in [0.717, 1.165) is 12.8 Å². The number of hydrogen-bond acceptors (Lipinski definition) is 4. The Morgan fingerprint density at radius 2 is 1.81 bits per heavy atom. The highest BCUT2D eigenvalue weighted by Crippen LogP contribution is 2.52.